The summed E-state index contributed by atoms with van der Waals surface area (Å²) in [6, 6.07) is 0. The van der Waals surface area contributed by atoms with E-state index >= 15 is 0 Å². The van der Waals surface area contributed by atoms with Gasteiger partial charge in [0.05, 0.1) is 0 Å². The Morgan fingerprint density at radius 3 is 2.63 bits per heavy atom. The average molecular weight is 260 g/mol. The second-order valence-corrected chi connectivity index (χ2v) is 7.53. The number of hydrogen-bond acceptors (Lipinski definition) is 1. The predicted molar refractivity (Wildman–Crippen MR) is 80.9 cm³/mol. The molecule has 19 heavy (non-hydrogen) atoms. The fourth-order valence-corrected chi connectivity index (χ4v) is 4.68. The molecule has 2 rings (SSSR count). The first-order chi connectivity index (χ1) is 8.77. The molecule has 1 heteroatoms. The molecule has 2 aliphatic carbocycles. The molecule has 0 radical (unpaired) electrons. The van der Waals surface area contributed by atoms with Crippen LogP contribution in [0.4, 0.5) is 0 Å². The maximum absolute atomic E-state index is 11.3. The van der Waals surface area contributed by atoms with Gasteiger partial charge in [-0.1, -0.05) is 44.9 Å². The van der Waals surface area contributed by atoms with Crippen molar-refractivity contribution >= 4 is 5.78 Å². The maximum atomic E-state index is 11.3. The molecular formula is C18H28O. The standard InChI is InChI=1S/C18H28O/c1-13-7-10-16-17(3,4)11-6-12-18(16,5)15(13)9-8-14(2)19/h7-9,15-16H,6,10-12H2,1-5H3/b9-8+. The number of carbonyl (C=O) groups is 1. The lowest BCUT2D eigenvalue weighted by molar-refractivity contribution is -0.112. The lowest BCUT2D eigenvalue weighted by Crippen LogP contribution is -2.47. The molecular weight excluding hydrogens is 232 g/mol. The minimum absolute atomic E-state index is 0.161. The van der Waals surface area contributed by atoms with Crippen LogP contribution < -0.4 is 0 Å². The molecule has 0 heterocycles. The molecule has 1 nitrogen and oxygen atoms in total. The SMILES string of the molecule is CC(=O)/C=C/C1C(C)=CCC2C(C)(C)CCCC12C. The second kappa shape index (κ2) is 4.92. The van der Waals surface area contributed by atoms with Crippen molar-refractivity contribution in [2.45, 2.75) is 60.3 Å². The molecule has 0 spiro atoms. The van der Waals surface area contributed by atoms with Gasteiger partial charge in [-0.3, -0.25) is 4.79 Å². The molecule has 0 N–H and O–H groups in total. The Labute approximate surface area is 118 Å². The van der Waals surface area contributed by atoms with Gasteiger partial charge in [0.25, 0.3) is 0 Å². The van der Waals surface area contributed by atoms with Crippen molar-refractivity contribution in [1.29, 1.82) is 0 Å². The van der Waals surface area contributed by atoms with Crippen LogP contribution in [0.25, 0.3) is 0 Å². The smallest absolute Gasteiger partial charge is 0.152 e. The highest BCUT2D eigenvalue weighted by atomic mass is 16.1. The number of rotatable bonds is 2. The minimum Gasteiger partial charge on any atom is -0.295 e. The molecule has 0 aromatic carbocycles. The molecule has 3 unspecified atom stereocenters. The Morgan fingerprint density at radius 2 is 2.00 bits per heavy atom. The van der Waals surface area contributed by atoms with Gasteiger partial charge < -0.3 is 0 Å². The zero-order valence-electron chi connectivity index (χ0n) is 13.1. The third kappa shape index (κ3) is 2.57. The molecule has 0 aromatic rings. The normalized spacial score (nSPS) is 37.8. The first-order valence-electron chi connectivity index (χ1n) is 7.63. The van der Waals surface area contributed by atoms with Crippen molar-refractivity contribution in [3.63, 3.8) is 0 Å². The number of hydrogen-bond donors (Lipinski definition) is 0. The number of carbonyl (C=O) groups excluding carboxylic acids is 1. The highest BCUT2D eigenvalue weighted by Crippen LogP contribution is 2.59. The quantitative estimate of drug-likeness (QED) is 0.508. The zero-order chi connectivity index (χ0) is 14.3. The summed E-state index contributed by atoms with van der Waals surface area (Å²) in [7, 11) is 0. The largest absolute Gasteiger partial charge is 0.295 e. The van der Waals surface area contributed by atoms with E-state index in [9.17, 15) is 4.79 Å². The Balaban J connectivity index is 2.39. The fourth-order valence-electron chi connectivity index (χ4n) is 4.68. The second-order valence-electron chi connectivity index (χ2n) is 7.53. The van der Waals surface area contributed by atoms with Crippen molar-refractivity contribution in [3.8, 4) is 0 Å². The molecule has 0 amide bonds. The van der Waals surface area contributed by atoms with Crippen LogP contribution in [0.1, 0.15) is 60.3 Å². The van der Waals surface area contributed by atoms with E-state index in [4.69, 9.17) is 0 Å². The summed E-state index contributed by atoms with van der Waals surface area (Å²) in [5, 5.41) is 0. The first kappa shape index (κ1) is 14.6. The summed E-state index contributed by atoms with van der Waals surface area (Å²) >= 11 is 0. The molecule has 106 valence electrons. The van der Waals surface area contributed by atoms with Gasteiger partial charge in [0.1, 0.15) is 0 Å². The summed E-state index contributed by atoms with van der Waals surface area (Å²) in [5.41, 5.74) is 2.20. The maximum Gasteiger partial charge on any atom is 0.152 e. The Kier molecular flexibility index (Phi) is 3.77. The van der Waals surface area contributed by atoms with E-state index in [-0.39, 0.29) is 5.78 Å². The first-order valence-corrected chi connectivity index (χ1v) is 7.63. The molecule has 2 aliphatic rings. The molecule has 1 fully saturated rings. The summed E-state index contributed by atoms with van der Waals surface area (Å²) in [5.74, 6) is 1.34. The lowest BCUT2D eigenvalue weighted by Gasteiger charge is -2.56. The van der Waals surface area contributed by atoms with E-state index < -0.39 is 0 Å². The highest BCUT2D eigenvalue weighted by molar-refractivity contribution is 5.87. The van der Waals surface area contributed by atoms with Gasteiger partial charge in [0.2, 0.25) is 0 Å². The Bertz CT molecular complexity index is 427. The topological polar surface area (TPSA) is 17.1 Å². The van der Waals surface area contributed by atoms with Gasteiger partial charge in [-0.15, -0.1) is 0 Å². The van der Waals surface area contributed by atoms with Gasteiger partial charge in [-0.05, 0) is 55.9 Å². The third-order valence-corrected chi connectivity index (χ3v) is 5.68. The third-order valence-electron chi connectivity index (χ3n) is 5.68. The van der Waals surface area contributed by atoms with E-state index in [1.165, 1.54) is 31.3 Å². The van der Waals surface area contributed by atoms with Crippen LogP contribution in [0.5, 0.6) is 0 Å². The van der Waals surface area contributed by atoms with E-state index in [0.717, 1.165) is 5.92 Å². The fraction of sp³-hybridized carbons (Fsp3) is 0.722. The molecule has 3 atom stereocenters. The van der Waals surface area contributed by atoms with Crippen molar-refractivity contribution in [2.75, 3.05) is 0 Å². The summed E-state index contributed by atoms with van der Waals surface area (Å²) < 4.78 is 0. The molecule has 0 aliphatic heterocycles. The summed E-state index contributed by atoms with van der Waals surface area (Å²) in [4.78, 5) is 11.3. The lowest BCUT2D eigenvalue weighted by atomic mass is 9.49. The van der Waals surface area contributed by atoms with Crippen molar-refractivity contribution in [1.82, 2.24) is 0 Å². The van der Waals surface area contributed by atoms with Crippen LogP contribution in [0.3, 0.4) is 0 Å². The van der Waals surface area contributed by atoms with Gasteiger partial charge in [-0.2, -0.15) is 0 Å². The molecule has 0 bridgehead atoms. The van der Waals surface area contributed by atoms with Crippen LogP contribution in [0, 0.1) is 22.7 Å². The van der Waals surface area contributed by atoms with E-state index in [0.29, 0.717) is 16.7 Å². The summed E-state index contributed by atoms with van der Waals surface area (Å²) in [6.45, 7) is 11.2. The zero-order valence-corrected chi connectivity index (χ0v) is 13.1. The van der Waals surface area contributed by atoms with Gasteiger partial charge >= 0.3 is 0 Å². The van der Waals surface area contributed by atoms with Crippen LogP contribution in [-0.2, 0) is 4.79 Å². The highest BCUT2D eigenvalue weighted by Gasteiger charge is 2.50. The molecule has 0 saturated heterocycles. The summed E-state index contributed by atoms with van der Waals surface area (Å²) in [6.07, 6.45) is 11.5. The molecule has 1 saturated carbocycles. The Hall–Kier alpha value is -0.850. The van der Waals surface area contributed by atoms with Crippen molar-refractivity contribution in [3.05, 3.63) is 23.8 Å². The number of fused-ring (bicyclic) bond motifs is 1. The molecule has 0 aromatic heterocycles. The predicted octanol–water partition coefficient (Wildman–Crippen LogP) is 4.93. The van der Waals surface area contributed by atoms with E-state index in [2.05, 4.69) is 39.8 Å². The van der Waals surface area contributed by atoms with Gasteiger partial charge in [0, 0.05) is 5.92 Å². The van der Waals surface area contributed by atoms with Crippen molar-refractivity contribution < 1.29 is 4.79 Å². The van der Waals surface area contributed by atoms with Crippen LogP contribution >= 0.6 is 0 Å². The average Bonchev–Trinajstić information content (AvgIpc) is 2.26. The van der Waals surface area contributed by atoms with Gasteiger partial charge in [-0.25, -0.2) is 0 Å². The van der Waals surface area contributed by atoms with Crippen LogP contribution in [0.2, 0.25) is 0 Å². The van der Waals surface area contributed by atoms with Crippen LogP contribution in [-0.4, -0.2) is 5.78 Å². The monoisotopic (exact) mass is 260 g/mol. The number of allylic oxidation sites excluding steroid dienone is 4. The van der Waals surface area contributed by atoms with Crippen molar-refractivity contribution in [2.24, 2.45) is 22.7 Å². The minimum atomic E-state index is 0.161. The van der Waals surface area contributed by atoms with Gasteiger partial charge in [0.15, 0.2) is 5.78 Å². The van der Waals surface area contributed by atoms with E-state index in [1.54, 1.807) is 13.0 Å². The Morgan fingerprint density at radius 1 is 1.32 bits per heavy atom. The van der Waals surface area contributed by atoms with Crippen LogP contribution in [0.15, 0.2) is 23.8 Å². The van der Waals surface area contributed by atoms with E-state index in [1.807, 2.05) is 0 Å². The number of ketones is 1.